The molecule has 0 aliphatic carbocycles. The Balaban J connectivity index is 1.62. The molecule has 3 aliphatic heterocycles. The summed E-state index contributed by atoms with van der Waals surface area (Å²) in [5.74, 6) is 1.27. The molecule has 17 heavy (non-hydrogen) atoms. The van der Waals surface area contributed by atoms with E-state index in [9.17, 15) is 0 Å². The highest BCUT2D eigenvalue weighted by atomic mass is 32.2. The van der Waals surface area contributed by atoms with Crippen LogP contribution in [0.1, 0.15) is 0 Å². The molecule has 0 N–H and O–H groups in total. The van der Waals surface area contributed by atoms with Gasteiger partial charge in [0.05, 0.1) is 7.05 Å². The number of benzene rings is 1. The third-order valence-electron chi connectivity index (χ3n) is 4.59. The van der Waals surface area contributed by atoms with Gasteiger partial charge in [-0.1, -0.05) is 30.0 Å². The van der Waals surface area contributed by atoms with Crippen molar-refractivity contribution >= 4 is 11.8 Å². The fourth-order valence-electron chi connectivity index (χ4n) is 2.95. The summed E-state index contributed by atoms with van der Waals surface area (Å²) in [5, 5.41) is 0. The average molecular weight is 250 g/mol. The van der Waals surface area contributed by atoms with Gasteiger partial charge in [-0.25, -0.2) is 0 Å². The van der Waals surface area contributed by atoms with Crippen LogP contribution in [0, 0.1) is 0 Å². The van der Waals surface area contributed by atoms with E-state index in [1.54, 1.807) is 0 Å². The fraction of sp³-hybridized carbons (Fsp3) is 0.571. The standard InChI is InChI=1S/C14H22N2S/c1-15-7-10-16(11-8-15,12-9-15)13-17-14-5-3-2-4-6-14/h2-6H,7-13H2,1H3/q+2. The van der Waals surface area contributed by atoms with E-state index in [0.717, 1.165) is 0 Å². The zero-order valence-corrected chi connectivity index (χ0v) is 11.5. The van der Waals surface area contributed by atoms with Gasteiger partial charge in [0.2, 0.25) is 0 Å². The molecule has 3 saturated heterocycles. The van der Waals surface area contributed by atoms with Crippen molar-refractivity contribution in [3.05, 3.63) is 30.3 Å². The van der Waals surface area contributed by atoms with Crippen molar-refractivity contribution in [1.29, 1.82) is 0 Å². The topological polar surface area (TPSA) is 0 Å². The second-order valence-corrected chi connectivity index (χ2v) is 6.91. The zero-order chi connectivity index (χ0) is 11.8. The van der Waals surface area contributed by atoms with Crippen LogP contribution in [0.5, 0.6) is 0 Å². The summed E-state index contributed by atoms with van der Waals surface area (Å²) < 4.78 is 2.68. The summed E-state index contributed by atoms with van der Waals surface area (Å²) in [6.45, 7) is 8.31. The number of rotatable bonds is 3. The van der Waals surface area contributed by atoms with Crippen LogP contribution in [0.25, 0.3) is 0 Å². The molecule has 92 valence electrons. The van der Waals surface area contributed by atoms with Gasteiger partial charge in [0, 0.05) is 4.90 Å². The van der Waals surface area contributed by atoms with Crippen LogP contribution >= 0.6 is 11.8 Å². The minimum atomic E-state index is 1.27. The van der Waals surface area contributed by atoms with Gasteiger partial charge in [-0.2, -0.15) is 0 Å². The van der Waals surface area contributed by atoms with Crippen molar-refractivity contribution in [3.8, 4) is 0 Å². The maximum atomic E-state index is 2.43. The molecular weight excluding hydrogens is 228 g/mol. The molecule has 0 amide bonds. The molecule has 4 rings (SSSR count). The van der Waals surface area contributed by atoms with Crippen molar-refractivity contribution < 1.29 is 8.97 Å². The van der Waals surface area contributed by atoms with E-state index in [2.05, 4.69) is 37.4 Å². The lowest BCUT2D eigenvalue weighted by atomic mass is 10.1. The van der Waals surface area contributed by atoms with Gasteiger partial charge in [-0.3, -0.25) is 0 Å². The number of thioether (sulfide) groups is 1. The molecule has 0 radical (unpaired) electrons. The second kappa shape index (κ2) is 4.30. The first-order valence-electron chi connectivity index (χ1n) is 6.56. The summed E-state index contributed by atoms with van der Waals surface area (Å²) in [6.07, 6.45) is 0. The molecule has 2 nitrogen and oxygen atoms in total. The SMILES string of the molecule is C[N+]12CC[N+](CSc3ccccc3)(CC1)CC2. The van der Waals surface area contributed by atoms with E-state index in [0.29, 0.717) is 0 Å². The van der Waals surface area contributed by atoms with E-state index in [-0.39, 0.29) is 0 Å². The van der Waals surface area contributed by atoms with Crippen LogP contribution < -0.4 is 0 Å². The monoisotopic (exact) mass is 250 g/mol. The van der Waals surface area contributed by atoms with Crippen molar-refractivity contribution in [2.45, 2.75) is 4.90 Å². The maximum absolute atomic E-state index is 2.43. The Kier molecular flexibility index (Phi) is 2.93. The third kappa shape index (κ3) is 2.37. The van der Waals surface area contributed by atoms with Crippen LogP contribution in [-0.4, -0.2) is 61.2 Å². The van der Waals surface area contributed by atoms with E-state index in [1.807, 2.05) is 11.8 Å². The van der Waals surface area contributed by atoms with Crippen molar-refractivity contribution in [1.82, 2.24) is 0 Å². The predicted octanol–water partition coefficient (Wildman–Crippen LogP) is 2.03. The van der Waals surface area contributed by atoms with Gasteiger partial charge in [0.1, 0.15) is 45.1 Å². The number of likely N-dealkylation sites (N-methyl/N-ethyl adjacent to an activating group) is 1. The third-order valence-corrected chi connectivity index (χ3v) is 5.87. The van der Waals surface area contributed by atoms with E-state index < -0.39 is 0 Å². The lowest BCUT2D eigenvalue weighted by Crippen LogP contribution is -2.73. The minimum Gasteiger partial charge on any atom is -0.312 e. The second-order valence-electron chi connectivity index (χ2n) is 5.89. The van der Waals surface area contributed by atoms with E-state index >= 15 is 0 Å². The Bertz CT molecular complexity index is 366. The first-order chi connectivity index (χ1) is 8.20. The van der Waals surface area contributed by atoms with Crippen LogP contribution in [0.3, 0.4) is 0 Å². The molecule has 1 aromatic rings. The molecule has 3 fully saturated rings. The Morgan fingerprint density at radius 1 is 0.941 bits per heavy atom. The van der Waals surface area contributed by atoms with Gasteiger partial charge in [0.25, 0.3) is 0 Å². The van der Waals surface area contributed by atoms with E-state index in [1.165, 1.54) is 59.0 Å². The summed E-state index contributed by atoms with van der Waals surface area (Å²) in [6, 6.07) is 10.8. The largest absolute Gasteiger partial charge is 0.312 e. The minimum absolute atomic E-state index is 1.27. The highest BCUT2D eigenvalue weighted by molar-refractivity contribution is 7.99. The Morgan fingerprint density at radius 2 is 1.53 bits per heavy atom. The Hall–Kier alpha value is -0.510. The summed E-state index contributed by atoms with van der Waals surface area (Å²) in [7, 11) is 2.43. The Labute approximate surface area is 108 Å². The number of hydrogen-bond donors (Lipinski definition) is 0. The molecule has 0 aromatic heterocycles. The number of hydrogen-bond acceptors (Lipinski definition) is 1. The molecule has 0 saturated carbocycles. The van der Waals surface area contributed by atoms with Crippen LogP contribution in [0.2, 0.25) is 0 Å². The molecule has 3 aliphatic rings. The van der Waals surface area contributed by atoms with Gasteiger partial charge in [-0.15, -0.1) is 0 Å². The highest BCUT2D eigenvalue weighted by Gasteiger charge is 2.46. The lowest BCUT2D eigenvalue weighted by molar-refractivity contribution is -1.07. The molecular formula is C14H22N2S+2. The normalized spacial score (nSPS) is 36.1. The van der Waals surface area contributed by atoms with Gasteiger partial charge in [-0.05, 0) is 12.1 Å². The van der Waals surface area contributed by atoms with Crippen LogP contribution in [0.4, 0.5) is 0 Å². The number of nitrogens with zero attached hydrogens (tertiary/aromatic N) is 2. The van der Waals surface area contributed by atoms with Crippen LogP contribution in [0.15, 0.2) is 35.2 Å². The molecule has 3 heterocycles. The molecule has 3 heteroatoms. The number of quaternary nitrogens is 2. The fourth-order valence-corrected chi connectivity index (χ4v) is 4.11. The molecule has 0 atom stereocenters. The van der Waals surface area contributed by atoms with Crippen molar-refractivity contribution in [3.63, 3.8) is 0 Å². The highest BCUT2D eigenvalue weighted by Crippen LogP contribution is 2.29. The molecule has 2 bridgehead atoms. The maximum Gasteiger partial charge on any atom is 0.130 e. The quantitative estimate of drug-likeness (QED) is 0.584. The van der Waals surface area contributed by atoms with E-state index in [4.69, 9.17) is 0 Å². The number of fused-ring (bicyclic) bond motifs is 3. The first-order valence-corrected chi connectivity index (χ1v) is 7.55. The molecule has 1 aromatic carbocycles. The molecule has 0 spiro atoms. The van der Waals surface area contributed by atoms with Gasteiger partial charge >= 0.3 is 0 Å². The first kappa shape index (κ1) is 11.6. The van der Waals surface area contributed by atoms with Crippen molar-refractivity contribution in [2.75, 3.05) is 52.2 Å². The molecule has 0 unspecified atom stereocenters. The summed E-state index contributed by atoms with van der Waals surface area (Å²) in [5.41, 5.74) is 0. The predicted molar refractivity (Wildman–Crippen MR) is 72.8 cm³/mol. The van der Waals surface area contributed by atoms with Gasteiger partial charge < -0.3 is 8.97 Å². The summed E-state index contributed by atoms with van der Waals surface area (Å²) in [4.78, 5) is 1.42. The summed E-state index contributed by atoms with van der Waals surface area (Å²) >= 11 is 2.04. The Morgan fingerprint density at radius 3 is 2.12 bits per heavy atom. The van der Waals surface area contributed by atoms with Crippen molar-refractivity contribution in [2.24, 2.45) is 0 Å². The lowest BCUT2D eigenvalue weighted by Gasteiger charge is -2.53. The zero-order valence-electron chi connectivity index (χ0n) is 10.6. The number of piperazine rings is 3. The van der Waals surface area contributed by atoms with Gasteiger partial charge in [0.15, 0.2) is 0 Å². The average Bonchev–Trinajstić information content (AvgIpc) is 2.40. The van der Waals surface area contributed by atoms with Crippen LogP contribution in [-0.2, 0) is 0 Å². The smallest absolute Gasteiger partial charge is 0.130 e.